The van der Waals surface area contributed by atoms with Gasteiger partial charge in [-0.05, 0) is 52.1 Å². The monoisotopic (exact) mass is 340 g/mol. The number of aromatic hydroxyl groups is 2. The van der Waals surface area contributed by atoms with Crippen LogP contribution in [-0.4, -0.2) is 16.0 Å². The van der Waals surface area contributed by atoms with Crippen LogP contribution in [0.4, 0.5) is 0 Å². The molecule has 0 atom stereocenters. The highest BCUT2D eigenvalue weighted by Crippen LogP contribution is 2.39. The molecule has 26 heavy (non-hydrogen) atoms. The van der Waals surface area contributed by atoms with Crippen LogP contribution in [0, 0.1) is 0 Å². The van der Waals surface area contributed by atoms with Gasteiger partial charge in [0.05, 0.1) is 0 Å². The molecule has 3 heteroatoms. The number of phenolic OH excluding ortho intramolecular Hbond substituents is 2. The van der Waals surface area contributed by atoms with Crippen LogP contribution in [-0.2, 0) is 0 Å². The van der Waals surface area contributed by atoms with E-state index < -0.39 is 0 Å². The van der Waals surface area contributed by atoms with E-state index in [-0.39, 0.29) is 17.3 Å². The molecule has 0 aliphatic heterocycles. The Hall–Kier alpha value is -3.59. The number of benzene rings is 3. The SMILES string of the molecule is O=C1C=C/C(=C(/c2ccccc2)c2ccc(O)c(O)c2)c2ccccc21. The summed E-state index contributed by atoms with van der Waals surface area (Å²) < 4.78 is 0. The van der Waals surface area contributed by atoms with Crippen LogP contribution in [0.2, 0.25) is 0 Å². The van der Waals surface area contributed by atoms with Gasteiger partial charge in [0.1, 0.15) is 0 Å². The van der Waals surface area contributed by atoms with E-state index in [1.807, 2.05) is 60.7 Å². The van der Waals surface area contributed by atoms with Gasteiger partial charge in [0, 0.05) is 5.56 Å². The molecule has 4 rings (SSSR count). The van der Waals surface area contributed by atoms with Crippen molar-refractivity contribution in [2.45, 2.75) is 0 Å². The van der Waals surface area contributed by atoms with E-state index >= 15 is 0 Å². The molecule has 0 amide bonds. The molecule has 0 unspecified atom stereocenters. The molecular formula is C23H16O3. The molecule has 0 saturated carbocycles. The average molecular weight is 340 g/mol. The van der Waals surface area contributed by atoms with Crippen molar-refractivity contribution in [1.82, 2.24) is 0 Å². The molecule has 0 radical (unpaired) electrons. The molecule has 3 nitrogen and oxygen atoms in total. The van der Waals surface area contributed by atoms with Crippen molar-refractivity contribution in [1.29, 1.82) is 0 Å². The van der Waals surface area contributed by atoms with Gasteiger partial charge in [-0.15, -0.1) is 0 Å². The molecule has 0 spiro atoms. The first-order valence-corrected chi connectivity index (χ1v) is 8.29. The summed E-state index contributed by atoms with van der Waals surface area (Å²) in [5.74, 6) is -0.369. The van der Waals surface area contributed by atoms with Gasteiger partial charge in [-0.3, -0.25) is 4.79 Å². The second-order valence-corrected chi connectivity index (χ2v) is 6.10. The first kappa shape index (κ1) is 15.9. The minimum Gasteiger partial charge on any atom is -0.504 e. The van der Waals surface area contributed by atoms with E-state index in [0.717, 1.165) is 27.8 Å². The van der Waals surface area contributed by atoms with Crippen molar-refractivity contribution in [2.75, 3.05) is 0 Å². The molecule has 126 valence electrons. The fourth-order valence-corrected chi connectivity index (χ4v) is 3.25. The largest absolute Gasteiger partial charge is 0.504 e. The number of hydrogen-bond acceptors (Lipinski definition) is 3. The summed E-state index contributed by atoms with van der Waals surface area (Å²) in [6.07, 6.45) is 3.39. The zero-order chi connectivity index (χ0) is 18.1. The molecule has 3 aromatic carbocycles. The first-order valence-electron chi connectivity index (χ1n) is 8.29. The van der Waals surface area contributed by atoms with Gasteiger partial charge in [0.25, 0.3) is 0 Å². The van der Waals surface area contributed by atoms with Gasteiger partial charge >= 0.3 is 0 Å². The molecule has 1 aliphatic rings. The summed E-state index contributed by atoms with van der Waals surface area (Å²) >= 11 is 0. The van der Waals surface area contributed by atoms with Gasteiger partial charge in [0.2, 0.25) is 0 Å². The predicted molar refractivity (Wildman–Crippen MR) is 102 cm³/mol. The van der Waals surface area contributed by atoms with E-state index in [9.17, 15) is 15.0 Å². The number of phenols is 2. The number of carbonyl (C=O) groups is 1. The van der Waals surface area contributed by atoms with Crippen molar-refractivity contribution in [2.24, 2.45) is 0 Å². The highest BCUT2D eigenvalue weighted by atomic mass is 16.3. The van der Waals surface area contributed by atoms with Crippen LogP contribution >= 0.6 is 0 Å². The van der Waals surface area contributed by atoms with Gasteiger partial charge in [-0.2, -0.15) is 0 Å². The second kappa shape index (κ2) is 6.37. The van der Waals surface area contributed by atoms with Crippen molar-refractivity contribution < 1.29 is 15.0 Å². The standard InChI is InChI=1S/C23H16O3/c24-20-13-11-19(17-8-4-5-9-18(17)20)23(15-6-2-1-3-7-15)16-10-12-21(25)22(26)14-16/h1-14,25-26H/b23-19+. The maximum absolute atomic E-state index is 12.2. The first-order chi connectivity index (χ1) is 12.6. The summed E-state index contributed by atoms with van der Waals surface area (Å²) in [6, 6.07) is 22.1. The topological polar surface area (TPSA) is 57.5 Å². The molecule has 0 aromatic heterocycles. The van der Waals surface area contributed by atoms with Crippen molar-refractivity contribution >= 4 is 16.9 Å². The Morgan fingerprint density at radius 1 is 0.654 bits per heavy atom. The lowest BCUT2D eigenvalue weighted by molar-refractivity contribution is 0.104. The predicted octanol–water partition coefficient (Wildman–Crippen LogP) is 4.81. The third-order valence-electron chi connectivity index (χ3n) is 4.48. The number of allylic oxidation sites excluding steroid dienone is 3. The van der Waals surface area contributed by atoms with Crippen LogP contribution in [0.5, 0.6) is 11.5 Å². The van der Waals surface area contributed by atoms with E-state index in [0.29, 0.717) is 5.56 Å². The number of ketones is 1. The highest BCUT2D eigenvalue weighted by molar-refractivity contribution is 6.16. The number of hydrogen-bond donors (Lipinski definition) is 2. The van der Waals surface area contributed by atoms with Crippen molar-refractivity contribution in [3.8, 4) is 11.5 Å². The Morgan fingerprint density at radius 2 is 1.35 bits per heavy atom. The minimum absolute atomic E-state index is 0.0229. The fourth-order valence-electron chi connectivity index (χ4n) is 3.25. The summed E-state index contributed by atoms with van der Waals surface area (Å²) in [5, 5.41) is 19.7. The summed E-state index contributed by atoms with van der Waals surface area (Å²) in [5.41, 5.74) is 5.01. The average Bonchev–Trinajstić information content (AvgIpc) is 2.68. The van der Waals surface area contributed by atoms with Gasteiger partial charge in [-0.25, -0.2) is 0 Å². The zero-order valence-corrected chi connectivity index (χ0v) is 13.9. The van der Waals surface area contributed by atoms with Gasteiger partial charge in [0.15, 0.2) is 17.3 Å². The number of rotatable bonds is 2. The van der Waals surface area contributed by atoms with Crippen LogP contribution in [0.25, 0.3) is 11.1 Å². The quantitative estimate of drug-likeness (QED) is 0.658. The Morgan fingerprint density at radius 3 is 2.08 bits per heavy atom. The molecule has 0 fully saturated rings. The van der Waals surface area contributed by atoms with Crippen LogP contribution in [0.15, 0.2) is 84.9 Å². The van der Waals surface area contributed by atoms with Crippen LogP contribution in [0.1, 0.15) is 27.0 Å². The Labute approximate surface area is 151 Å². The smallest absolute Gasteiger partial charge is 0.186 e. The molecule has 2 N–H and O–H groups in total. The van der Waals surface area contributed by atoms with E-state index in [2.05, 4.69) is 0 Å². The lowest BCUT2D eigenvalue weighted by Crippen LogP contribution is -2.06. The lowest BCUT2D eigenvalue weighted by atomic mass is 9.84. The van der Waals surface area contributed by atoms with Gasteiger partial charge in [-0.1, -0.05) is 60.7 Å². The highest BCUT2D eigenvalue weighted by Gasteiger charge is 2.21. The summed E-state index contributed by atoms with van der Waals surface area (Å²) in [7, 11) is 0. The molecule has 0 heterocycles. The summed E-state index contributed by atoms with van der Waals surface area (Å²) in [6.45, 7) is 0. The second-order valence-electron chi connectivity index (χ2n) is 6.10. The van der Waals surface area contributed by atoms with E-state index in [4.69, 9.17) is 0 Å². The molecule has 0 saturated heterocycles. The van der Waals surface area contributed by atoms with Crippen molar-refractivity contribution in [3.63, 3.8) is 0 Å². The number of fused-ring (bicyclic) bond motifs is 1. The van der Waals surface area contributed by atoms with Crippen LogP contribution in [0.3, 0.4) is 0 Å². The Bertz CT molecular complexity index is 1060. The Kier molecular flexibility index (Phi) is 3.90. The van der Waals surface area contributed by atoms with E-state index in [1.54, 1.807) is 12.1 Å². The Balaban J connectivity index is 2.06. The van der Waals surface area contributed by atoms with E-state index in [1.165, 1.54) is 12.1 Å². The van der Waals surface area contributed by atoms with Crippen molar-refractivity contribution in [3.05, 3.63) is 107 Å². The summed E-state index contributed by atoms with van der Waals surface area (Å²) in [4.78, 5) is 12.2. The molecule has 0 bridgehead atoms. The molecule has 1 aliphatic carbocycles. The molecule has 3 aromatic rings. The normalized spacial score (nSPS) is 14.8. The number of carbonyl (C=O) groups excluding carboxylic acids is 1. The maximum Gasteiger partial charge on any atom is 0.186 e. The fraction of sp³-hybridized carbons (Fsp3) is 0. The zero-order valence-electron chi connectivity index (χ0n) is 13.9. The minimum atomic E-state index is -0.180. The maximum atomic E-state index is 12.2. The van der Waals surface area contributed by atoms with Gasteiger partial charge < -0.3 is 10.2 Å². The molecular weight excluding hydrogens is 324 g/mol. The lowest BCUT2D eigenvalue weighted by Gasteiger charge is -2.19. The third kappa shape index (κ3) is 2.70. The third-order valence-corrected chi connectivity index (χ3v) is 4.48. The van der Waals surface area contributed by atoms with Crippen LogP contribution < -0.4 is 0 Å².